The molecule has 5 rings (SSSR count). The van der Waals surface area contributed by atoms with Crippen LogP contribution in [0.25, 0.3) is 0 Å². The summed E-state index contributed by atoms with van der Waals surface area (Å²) in [5.74, 6) is 0.881. The molecule has 39 heavy (non-hydrogen) atoms. The van der Waals surface area contributed by atoms with Gasteiger partial charge in [0.25, 0.3) is 0 Å². The van der Waals surface area contributed by atoms with Crippen LogP contribution < -0.4 is 4.72 Å². The molecule has 0 heterocycles. The number of benzene rings is 3. The first kappa shape index (κ1) is 28.1. The maximum atomic E-state index is 12.8. The SMILES string of the molecule is Cc1ccc(S(=O)(=O)NCCO[C@@H](c2ccccc2)[C@H]2CC[C@]3(C)c4cccc(C)c4CC[C@H]3C2(C)C)cc1. The molecular formula is C34H43NO3S. The zero-order chi connectivity index (χ0) is 27.8. The Bertz CT molecular complexity index is 1400. The van der Waals surface area contributed by atoms with E-state index in [1.165, 1.54) is 17.5 Å². The van der Waals surface area contributed by atoms with Gasteiger partial charge in [-0.05, 0) is 96.6 Å². The van der Waals surface area contributed by atoms with E-state index in [1.807, 2.05) is 25.1 Å². The average Bonchev–Trinajstić information content (AvgIpc) is 2.90. The molecule has 0 amide bonds. The second-order valence-corrected chi connectivity index (χ2v) is 14.3. The van der Waals surface area contributed by atoms with E-state index < -0.39 is 10.0 Å². The Morgan fingerprint density at radius 1 is 0.923 bits per heavy atom. The highest BCUT2D eigenvalue weighted by atomic mass is 32.2. The van der Waals surface area contributed by atoms with E-state index in [9.17, 15) is 8.42 Å². The number of hydrogen-bond acceptors (Lipinski definition) is 3. The molecule has 0 spiro atoms. The summed E-state index contributed by atoms with van der Waals surface area (Å²) in [6.45, 7) is 12.1. The monoisotopic (exact) mass is 545 g/mol. The van der Waals surface area contributed by atoms with E-state index in [1.54, 1.807) is 23.3 Å². The maximum absolute atomic E-state index is 12.8. The van der Waals surface area contributed by atoms with Gasteiger partial charge in [-0.3, -0.25) is 0 Å². The van der Waals surface area contributed by atoms with Crippen molar-refractivity contribution in [2.45, 2.75) is 76.7 Å². The molecule has 3 aromatic rings. The molecule has 2 aliphatic carbocycles. The Hall–Kier alpha value is -2.47. The Labute approximate surface area is 235 Å². The molecule has 1 saturated carbocycles. The third-order valence-corrected chi connectivity index (χ3v) is 11.3. The van der Waals surface area contributed by atoms with Crippen molar-refractivity contribution in [1.82, 2.24) is 4.72 Å². The van der Waals surface area contributed by atoms with Gasteiger partial charge in [0.1, 0.15) is 0 Å². The van der Waals surface area contributed by atoms with Crippen LogP contribution in [0, 0.1) is 31.1 Å². The fourth-order valence-electron chi connectivity index (χ4n) is 7.74. The highest BCUT2D eigenvalue weighted by molar-refractivity contribution is 7.89. The Kier molecular flexibility index (Phi) is 7.80. The predicted molar refractivity (Wildman–Crippen MR) is 158 cm³/mol. The van der Waals surface area contributed by atoms with Crippen molar-refractivity contribution in [3.05, 3.63) is 101 Å². The molecular weight excluding hydrogens is 502 g/mol. The summed E-state index contributed by atoms with van der Waals surface area (Å²) in [5.41, 5.74) is 6.94. The van der Waals surface area contributed by atoms with Crippen LogP contribution in [0.1, 0.15) is 74.0 Å². The lowest BCUT2D eigenvalue weighted by molar-refractivity contribution is -0.0976. The van der Waals surface area contributed by atoms with Crippen molar-refractivity contribution in [1.29, 1.82) is 0 Å². The zero-order valence-corrected chi connectivity index (χ0v) is 24.9. The van der Waals surface area contributed by atoms with Crippen molar-refractivity contribution < 1.29 is 13.2 Å². The van der Waals surface area contributed by atoms with Crippen LogP contribution in [0.5, 0.6) is 0 Å². The van der Waals surface area contributed by atoms with Crippen LogP contribution in [0.2, 0.25) is 0 Å². The van der Waals surface area contributed by atoms with E-state index in [2.05, 4.69) is 74.9 Å². The van der Waals surface area contributed by atoms with Gasteiger partial charge in [0.05, 0.1) is 17.6 Å². The molecule has 2 aliphatic rings. The van der Waals surface area contributed by atoms with Gasteiger partial charge in [-0.25, -0.2) is 13.1 Å². The summed E-state index contributed by atoms with van der Waals surface area (Å²) in [4.78, 5) is 0.285. The molecule has 0 aromatic heterocycles. The molecule has 4 nitrogen and oxygen atoms in total. The molecule has 0 unspecified atom stereocenters. The minimum atomic E-state index is -3.57. The van der Waals surface area contributed by atoms with Gasteiger partial charge >= 0.3 is 0 Å². The lowest BCUT2D eigenvalue weighted by Gasteiger charge is -2.59. The average molecular weight is 546 g/mol. The predicted octanol–water partition coefficient (Wildman–Crippen LogP) is 7.30. The fourth-order valence-corrected chi connectivity index (χ4v) is 8.76. The molecule has 0 radical (unpaired) electrons. The Morgan fingerprint density at radius 2 is 1.64 bits per heavy atom. The molecule has 3 aromatic carbocycles. The summed E-state index contributed by atoms with van der Waals surface area (Å²) < 4.78 is 35.0. The number of fused-ring (bicyclic) bond motifs is 3. The molecule has 0 bridgehead atoms. The summed E-state index contributed by atoms with van der Waals surface area (Å²) >= 11 is 0. The van der Waals surface area contributed by atoms with Crippen molar-refractivity contribution >= 4 is 10.0 Å². The highest BCUT2D eigenvalue weighted by Gasteiger charge is 2.55. The lowest BCUT2D eigenvalue weighted by atomic mass is 9.46. The third kappa shape index (κ3) is 5.33. The highest BCUT2D eigenvalue weighted by Crippen LogP contribution is 2.62. The van der Waals surface area contributed by atoms with Gasteiger partial charge in [-0.2, -0.15) is 0 Å². The standard InChI is InChI=1S/C34H43NO3S/c1-24-14-16-27(17-15-24)39(36,37)35-22-23-38-32(26-11-7-6-8-12-26)30-20-21-34(5)29-13-9-10-25(2)28(29)18-19-31(34)33(30,3)4/h6-17,30-32,35H,18-23H2,1-5H3/t30-,31+,32+,34-/m1/s1. The topological polar surface area (TPSA) is 55.4 Å². The van der Waals surface area contributed by atoms with E-state index >= 15 is 0 Å². The second-order valence-electron chi connectivity index (χ2n) is 12.5. The van der Waals surface area contributed by atoms with Gasteiger partial charge in [0.2, 0.25) is 10.0 Å². The Balaban J connectivity index is 1.35. The zero-order valence-electron chi connectivity index (χ0n) is 24.0. The van der Waals surface area contributed by atoms with Gasteiger partial charge in [-0.15, -0.1) is 0 Å². The molecule has 1 fully saturated rings. The number of hydrogen-bond donors (Lipinski definition) is 1. The largest absolute Gasteiger partial charge is 0.372 e. The first-order chi connectivity index (χ1) is 18.5. The summed E-state index contributed by atoms with van der Waals surface area (Å²) in [6.07, 6.45) is 4.44. The van der Waals surface area contributed by atoms with E-state index in [-0.39, 0.29) is 28.4 Å². The number of sulfonamides is 1. The first-order valence-electron chi connectivity index (χ1n) is 14.4. The molecule has 4 atom stereocenters. The molecule has 0 aliphatic heterocycles. The summed E-state index contributed by atoms with van der Waals surface area (Å²) in [5, 5.41) is 0. The van der Waals surface area contributed by atoms with Crippen LogP contribution in [-0.2, 0) is 26.6 Å². The number of rotatable bonds is 8. The van der Waals surface area contributed by atoms with Gasteiger partial charge < -0.3 is 4.74 Å². The minimum absolute atomic E-state index is 0.0519. The van der Waals surface area contributed by atoms with Crippen molar-refractivity contribution in [3.63, 3.8) is 0 Å². The van der Waals surface area contributed by atoms with Crippen molar-refractivity contribution in [2.75, 3.05) is 13.2 Å². The van der Waals surface area contributed by atoms with Crippen molar-refractivity contribution in [2.24, 2.45) is 17.3 Å². The van der Waals surface area contributed by atoms with Crippen LogP contribution in [0.15, 0.2) is 77.7 Å². The third-order valence-electron chi connectivity index (χ3n) is 9.82. The second kappa shape index (κ2) is 10.8. The van der Waals surface area contributed by atoms with Crippen LogP contribution in [0.4, 0.5) is 0 Å². The van der Waals surface area contributed by atoms with E-state index in [4.69, 9.17) is 4.74 Å². The van der Waals surface area contributed by atoms with Gasteiger partial charge in [0, 0.05) is 6.54 Å². The van der Waals surface area contributed by atoms with Crippen LogP contribution >= 0.6 is 0 Å². The maximum Gasteiger partial charge on any atom is 0.240 e. The molecule has 5 heteroatoms. The number of aryl methyl sites for hydroxylation is 2. The summed E-state index contributed by atoms with van der Waals surface area (Å²) in [6, 6.07) is 24.3. The van der Waals surface area contributed by atoms with Crippen LogP contribution in [-0.4, -0.2) is 21.6 Å². The van der Waals surface area contributed by atoms with Gasteiger partial charge in [0.15, 0.2) is 0 Å². The summed E-state index contributed by atoms with van der Waals surface area (Å²) in [7, 11) is -3.57. The van der Waals surface area contributed by atoms with Gasteiger partial charge in [-0.1, -0.05) is 87.0 Å². The van der Waals surface area contributed by atoms with Crippen molar-refractivity contribution in [3.8, 4) is 0 Å². The smallest absolute Gasteiger partial charge is 0.240 e. The first-order valence-corrected chi connectivity index (χ1v) is 15.8. The number of ether oxygens (including phenoxy) is 1. The van der Waals surface area contributed by atoms with Crippen LogP contribution in [0.3, 0.4) is 0 Å². The normalized spacial score (nSPS) is 24.9. The lowest BCUT2D eigenvalue weighted by Crippen LogP contribution is -2.53. The molecule has 208 valence electrons. The molecule has 1 N–H and O–H groups in total. The Morgan fingerprint density at radius 3 is 2.36 bits per heavy atom. The minimum Gasteiger partial charge on any atom is -0.372 e. The fraction of sp³-hybridized carbons (Fsp3) is 0.471. The molecule has 0 saturated heterocycles. The van der Waals surface area contributed by atoms with E-state index in [0.717, 1.165) is 24.8 Å². The number of nitrogens with one attached hydrogen (secondary N) is 1. The van der Waals surface area contributed by atoms with E-state index in [0.29, 0.717) is 18.4 Å². The quantitative estimate of drug-likeness (QED) is 0.302.